The van der Waals surface area contributed by atoms with Crippen LogP contribution in [0.3, 0.4) is 0 Å². The topological polar surface area (TPSA) is 73.6 Å². The van der Waals surface area contributed by atoms with Gasteiger partial charge in [0, 0.05) is 37.6 Å². The molecule has 0 spiro atoms. The molecule has 1 saturated heterocycles. The molecule has 1 aliphatic heterocycles. The number of hydrogen-bond acceptors (Lipinski definition) is 4. The maximum absolute atomic E-state index is 12.0. The van der Waals surface area contributed by atoms with E-state index in [0.717, 1.165) is 31.8 Å². The van der Waals surface area contributed by atoms with E-state index in [9.17, 15) is 4.79 Å². The van der Waals surface area contributed by atoms with Crippen LogP contribution in [-0.2, 0) is 14.9 Å². The van der Waals surface area contributed by atoms with Crippen molar-refractivity contribution in [1.82, 2.24) is 5.32 Å². The number of halogens is 1. The number of hydrogen-bond donors (Lipinski definition) is 2. The van der Waals surface area contributed by atoms with Gasteiger partial charge < -0.3 is 20.5 Å². The van der Waals surface area contributed by atoms with E-state index in [4.69, 9.17) is 15.2 Å². The van der Waals surface area contributed by atoms with Gasteiger partial charge in [0.05, 0.1) is 6.61 Å². The summed E-state index contributed by atoms with van der Waals surface area (Å²) in [5.74, 6) is 0.885. The molecule has 1 aromatic rings. The molecule has 0 aliphatic carbocycles. The van der Waals surface area contributed by atoms with Gasteiger partial charge in [-0.25, -0.2) is 0 Å². The summed E-state index contributed by atoms with van der Waals surface area (Å²) in [6, 6.07) is 8.09. The summed E-state index contributed by atoms with van der Waals surface area (Å²) >= 11 is 0. The van der Waals surface area contributed by atoms with Crippen molar-refractivity contribution >= 4 is 18.3 Å². The van der Waals surface area contributed by atoms with E-state index in [0.29, 0.717) is 19.6 Å². The molecule has 1 fully saturated rings. The van der Waals surface area contributed by atoms with Crippen LogP contribution in [0.25, 0.3) is 0 Å². The van der Waals surface area contributed by atoms with Crippen LogP contribution < -0.4 is 15.8 Å². The zero-order valence-corrected chi connectivity index (χ0v) is 15.4. The lowest BCUT2D eigenvalue weighted by Crippen LogP contribution is -2.45. The van der Waals surface area contributed by atoms with Gasteiger partial charge in [-0.2, -0.15) is 0 Å². The Morgan fingerprint density at radius 1 is 1.33 bits per heavy atom. The predicted octanol–water partition coefficient (Wildman–Crippen LogP) is 2.41. The Balaban J connectivity index is 0.00000288. The molecule has 6 heteroatoms. The van der Waals surface area contributed by atoms with Gasteiger partial charge in [-0.1, -0.05) is 12.1 Å². The molecule has 5 nitrogen and oxygen atoms in total. The van der Waals surface area contributed by atoms with Gasteiger partial charge in [-0.05, 0) is 44.4 Å². The van der Waals surface area contributed by atoms with Gasteiger partial charge in [0.25, 0.3) is 0 Å². The molecule has 1 amide bonds. The van der Waals surface area contributed by atoms with Crippen molar-refractivity contribution in [1.29, 1.82) is 0 Å². The third-order valence-corrected chi connectivity index (χ3v) is 4.36. The first kappa shape index (κ1) is 20.7. The lowest BCUT2D eigenvalue weighted by Gasteiger charge is -2.38. The second-order valence-corrected chi connectivity index (χ2v) is 6.31. The molecule has 1 aromatic carbocycles. The summed E-state index contributed by atoms with van der Waals surface area (Å²) in [7, 11) is 0. The molecule has 1 unspecified atom stereocenters. The number of nitrogens with one attached hydrogen (secondary N) is 1. The third-order valence-electron chi connectivity index (χ3n) is 4.36. The Bertz CT molecular complexity index is 499. The average molecular weight is 357 g/mol. The first-order chi connectivity index (χ1) is 11.1. The van der Waals surface area contributed by atoms with Gasteiger partial charge >= 0.3 is 0 Å². The fraction of sp³-hybridized carbons (Fsp3) is 0.611. The minimum Gasteiger partial charge on any atom is -0.494 e. The molecule has 0 bridgehead atoms. The number of benzene rings is 1. The zero-order chi connectivity index (χ0) is 16.7. The van der Waals surface area contributed by atoms with Gasteiger partial charge in [-0.3, -0.25) is 4.79 Å². The van der Waals surface area contributed by atoms with Gasteiger partial charge in [-0.15, -0.1) is 12.4 Å². The van der Waals surface area contributed by atoms with Gasteiger partial charge in [0.15, 0.2) is 0 Å². The van der Waals surface area contributed by atoms with E-state index in [1.165, 1.54) is 5.56 Å². The van der Waals surface area contributed by atoms with Crippen LogP contribution in [0.1, 0.15) is 38.7 Å². The standard InChI is InChI=1S/C18H28N2O3.ClH/c1-3-23-16-6-4-15(5-7-16)18(8-10-22-11-9-18)13-20-17(21)12-14(2)19;/h4-7,14H,3,8-13,19H2,1-2H3,(H,20,21);1H. The van der Waals surface area contributed by atoms with E-state index >= 15 is 0 Å². The zero-order valence-electron chi connectivity index (χ0n) is 14.5. The molecule has 24 heavy (non-hydrogen) atoms. The lowest BCUT2D eigenvalue weighted by atomic mass is 9.74. The molecular formula is C18H29ClN2O3. The van der Waals surface area contributed by atoms with Gasteiger partial charge in [0.2, 0.25) is 5.91 Å². The number of nitrogens with two attached hydrogens (primary N) is 1. The van der Waals surface area contributed by atoms with E-state index in [-0.39, 0.29) is 29.8 Å². The molecule has 1 heterocycles. The molecule has 1 aliphatic rings. The van der Waals surface area contributed by atoms with Crippen molar-refractivity contribution in [3.8, 4) is 5.75 Å². The highest BCUT2D eigenvalue weighted by atomic mass is 35.5. The summed E-state index contributed by atoms with van der Waals surface area (Å²) in [6.45, 7) is 6.53. The number of rotatable bonds is 7. The van der Waals surface area contributed by atoms with Crippen molar-refractivity contribution in [3.63, 3.8) is 0 Å². The van der Waals surface area contributed by atoms with Crippen LogP contribution in [0.15, 0.2) is 24.3 Å². The maximum Gasteiger partial charge on any atom is 0.221 e. The van der Waals surface area contributed by atoms with Crippen LogP contribution in [0.4, 0.5) is 0 Å². The molecule has 2 rings (SSSR count). The second-order valence-electron chi connectivity index (χ2n) is 6.31. The lowest BCUT2D eigenvalue weighted by molar-refractivity contribution is -0.121. The van der Waals surface area contributed by atoms with Crippen LogP contribution in [-0.4, -0.2) is 38.3 Å². The molecular weight excluding hydrogens is 328 g/mol. The minimum atomic E-state index is -0.119. The first-order valence-electron chi connectivity index (χ1n) is 8.39. The van der Waals surface area contributed by atoms with Crippen molar-refractivity contribution in [2.24, 2.45) is 5.73 Å². The van der Waals surface area contributed by atoms with Crippen LogP contribution in [0, 0.1) is 0 Å². The number of carbonyl (C=O) groups is 1. The summed E-state index contributed by atoms with van der Waals surface area (Å²) in [4.78, 5) is 12.0. The minimum absolute atomic E-state index is 0. The third kappa shape index (κ3) is 5.65. The molecule has 136 valence electrons. The fourth-order valence-corrected chi connectivity index (χ4v) is 3.03. The maximum atomic E-state index is 12.0. The van der Waals surface area contributed by atoms with Crippen molar-refractivity contribution in [3.05, 3.63) is 29.8 Å². The number of amides is 1. The smallest absolute Gasteiger partial charge is 0.221 e. The molecule has 0 radical (unpaired) electrons. The van der Waals surface area contributed by atoms with E-state index in [1.807, 2.05) is 26.0 Å². The SMILES string of the molecule is CCOc1ccc(C2(CNC(=O)CC(C)N)CCOCC2)cc1.Cl. The fourth-order valence-electron chi connectivity index (χ4n) is 3.03. The Hall–Kier alpha value is -1.30. The second kappa shape index (κ2) is 9.87. The van der Waals surface area contributed by atoms with E-state index in [1.54, 1.807) is 0 Å². The number of ether oxygens (including phenoxy) is 2. The number of carbonyl (C=O) groups excluding carboxylic acids is 1. The van der Waals surface area contributed by atoms with E-state index < -0.39 is 0 Å². The average Bonchev–Trinajstić information content (AvgIpc) is 2.54. The monoisotopic (exact) mass is 356 g/mol. The van der Waals surface area contributed by atoms with Crippen LogP contribution in [0.2, 0.25) is 0 Å². The van der Waals surface area contributed by atoms with Crippen LogP contribution in [0.5, 0.6) is 5.75 Å². The summed E-state index contributed by atoms with van der Waals surface area (Å²) in [6.07, 6.45) is 2.16. The molecule has 3 N–H and O–H groups in total. The van der Waals surface area contributed by atoms with Crippen molar-refractivity contribution in [2.45, 2.75) is 44.6 Å². The Morgan fingerprint density at radius 3 is 2.50 bits per heavy atom. The summed E-state index contributed by atoms with van der Waals surface area (Å²) in [5, 5.41) is 3.06. The summed E-state index contributed by atoms with van der Waals surface area (Å²) < 4.78 is 11.0. The van der Waals surface area contributed by atoms with Crippen molar-refractivity contribution in [2.75, 3.05) is 26.4 Å². The first-order valence-corrected chi connectivity index (χ1v) is 8.39. The highest BCUT2D eigenvalue weighted by Gasteiger charge is 2.34. The Morgan fingerprint density at radius 2 is 1.96 bits per heavy atom. The van der Waals surface area contributed by atoms with Crippen LogP contribution >= 0.6 is 12.4 Å². The normalized spacial score (nSPS) is 17.5. The highest BCUT2D eigenvalue weighted by Crippen LogP contribution is 2.35. The molecule has 0 saturated carbocycles. The van der Waals surface area contributed by atoms with Gasteiger partial charge in [0.1, 0.15) is 5.75 Å². The Labute approximate surface area is 150 Å². The van der Waals surface area contributed by atoms with Crippen molar-refractivity contribution < 1.29 is 14.3 Å². The highest BCUT2D eigenvalue weighted by molar-refractivity contribution is 5.85. The van der Waals surface area contributed by atoms with E-state index in [2.05, 4.69) is 17.4 Å². The quantitative estimate of drug-likeness (QED) is 0.786. The summed E-state index contributed by atoms with van der Waals surface area (Å²) in [5.41, 5.74) is 6.85. The predicted molar refractivity (Wildman–Crippen MR) is 97.9 cm³/mol. The Kier molecular flexibility index (Phi) is 8.53. The largest absolute Gasteiger partial charge is 0.494 e. The molecule has 0 aromatic heterocycles. The molecule has 1 atom stereocenters.